The highest BCUT2D eigenvalue weighted by atomic mass is 19.4. The van der Waals surface area contributed by atoms with E-state index in [4.69, 9.17) is 0 Å². The fourth-order valence-electron chi connectivity index (χ4n) is 1.36. The molecule has 0 radical (unpaired) electrons. The zero-order valence-corrected chi connectivity index (χ0v) is 8.75. The Bertz CT molecular complexity index is 427. The number of ether oxygens (including phenoxy) is 1. The molecule has 1 aliphatic carbocycles. The fourth-order valence-corrected chi connectivity index (χ4v) is 1.36. The maximum absolute atomic E-state index is 12.0. The summed E-state index contributed by atoms with van der Waals surface area (Å²) in [5.41, 5.74) is 0.309. The minimum Gasteiger partial charge on any atom is -0.406 e. The van der Waals surface area contributed by atoms with E-state index in [0.29, 0.717) is 5.69 Å². The molecule has 0 heterocycles. The maximum atomic E-state index is 12.0. The SMILES string of the molecule is O=C(Nc1cccc(OC(F)(F)F)c1)C1CC1. The summed E-state index contributed by atoms with van der Waals surface area (Å²) >= 11 is 0. The summed E-state index contributed by atoms with van der Waals surface area (Å²) in [5, 5.41) is 2.54. The van der Waals surface area contributed by atoms with Crippen molar-refractivity contribution in [2.75, 3.05) is 5.32 Å². The van der Waals surface area contributed by atoms with Crippen LogP contribution in [-0.4, -0.2) is 12.3 Å². The van der Waals surface area contributed by atoms with Crippen molar-refractivity contribution in [3.63, 3.8) is 0 Å². The van der Waals surface area contributed by atoms with Gasteiger partial charge in [-0.3, -0.25) is 4.79 Å². The van der Waals surface area contributed by atoms with Crippen molar-refractivity contribution in [1.29, 1.82) is 0 Å². The minimum atomic E-state index is -4.72. The first-order chi connectivity index (χ1) is 7.94. The van der Waals surface area contributed by atoms with Crippen molar-refractivity contribution in [2.45, 2.75) is 19.2 Å². The van der Waals surface area contributed by atoms with Crippen LogP contribution < -0.4 is 10.1 Å². The molecule has 1 fully saturated rings. The molecule has 0 aromatic heterocycles. The second-order valence-corrected chi connectivity index (χ2v) is 3.84. The maximum Gasteiger partial charge on any atom is 0.573 e. The van der Waals surface area contributed by atoms with Crippen LogP contribution in [0.3, 0.4) is 0 Å². The molecule has 1 saturated carbocycles. The highest BCUT2D eigenvalue weighted by Gasteiger charge is 2.32. The first-order valence-electron chi connectivity index (χ1n) is 5.11. The number of halogens is 3. The Morgan fingerprint density at radius 1 is 1.35 bits per heavy atom. The van der Waals surface area contributed by atoms with E-state index >= 15 is 0 Å². The van der Waals surface area contributed by atoms with Gasteiger partial charge in [-0.1, -0.05) is 6.07 Å². The lowest BCUT2D eigenvalue weighted by atomic mass is 10.3. The molecular formula is C11H10F3NO2. The summed E-state index contributed by atoms with van der Waals surface area (Å²) in [6.07, 6.45) is -3.05. The average Bonchev–Trinajstić information content (AvgIpc) is 2.97. The summed E-state index contributed by atoms with van der Waals surface area (Å²) in [5.74, 6) is -0.498. The Balaban J connectivity index is 2.03. The monoisotopic (exact) mass is 245 g/mol. The number of nitrogens with one attached hydrogen (secondary N) is 1. The van der Waals surface area contributed by atoms with Gasteiger partial charge in [0.05, 0.1) is 0 Å². The van der Waals surface area contributed by atoms with Gasteiger partial charge in [0, 0.05) is 17.7 Å². The standard InChI is InChI=1S/C11H10F3NO2/c12-11(13,14)17-9-3-1-2-8(6-9)15-10(16)7-4-5-7/h1-3,6-7H,4-5H2,(H,15,16). The second-order valence-electron chi connectivity index (χ2n) is 3.84. The van der Waals surface area contributed by atoms with Crippen LogP contribution in [0.5, 0.6) is 5.75 Å². The molecule has 1 amide bonds. The third-order valence-electron chi connectivity index (χ3n) is 2.28. The van der Waals surface area contributed by atoms with E-state index in [9.17, 15) is 18.0 Å². The number of amides is 1. The topological polar surface area (TPSA) is 38.3 Å². The molecule has 0 spiro atoms. The van der Waals surface area contributed by atoms with Crippen LogP contribution in [0.25, 0.3) is 0 Å². The normalized spacial score (nSPS) is 15.5. The zero-order chi connectivity index (χ0) is 12.5. The third-order valence-corrected chi connectivity index (χ3v) is 2.28. The van der Waals surface area contributed by atoms with Gasteiger partial charge in [0.2, 0.25) is 5.91 Å². The molecule has 17 heavy (non-hydrogen) atoms. The van der Waals surface area contributed by atoms with Crippen molar-refractivity contribution < 1.29 is 22.7 Å². The van der Waals surface area contributed by atoms with Gasteiger partial charge in [0.25, 0.3) is 0 Å². The molecule has 0 atom stereocenters. The number of anilines is 1. The van der Waals surface area contributed by atoms with Crippen LogP contribution in [0.15, 0.2) is 24.3 Å². The van der Waals surface area contributed by atoms with E-state index in [2.05, 4.69) is 10.1 Å². The molecule has 0 unspecified atom stereocenters. The average molecular weight is 245 g/mol. The summed E-state index contributed by atoms with van der Waals surface area (Å²) in [6, 6.07) is 5.24. The number of rotatable bonds is 3. The predicted molar refractivity (Wildman–Crippen MR) is 54.5 cm³/mol. The smallest absolute Gasteiger partial charge is 0.406 e. The Morgan fingerprint density at radius 3 is 2.65 bits per heavy atom. The fraction of sp³-hybridized carbons (Fsp3) is 0.364. The molecule has 3 nitrogen and oxygen atoms in total. The van der Waals surface area contributed by atoms with Crippen molar-refractivity contribution in [3.8, 4) is 5.75 Å². The van der Waals surface area contributed by atoms with Crippen molar-refractivity contribution in [1.82, 2.24) is 0 Å². The lowest BCUT2D eigenvalue weighted by Gasteiger charge is -2.10. The lowest BCUT2D eigenvalue weighted by Crippen LogP contribution is -2.17. The van der Waals surface area contributed by atoms with E-state index in [0.717, 1.165) is 18.9 Å². The Kier molecular flexibility index (Phi) is 2.95. The van der Waals surface area contributed by atoms with Crippen molar-refractivity contribution in [2.24, 2.45) is 5.92 Å². The van der Waals surface area contributed by atoms with E-state index in [1.54, 1.807) is 0 Å². The number of benzene rings is 1. The number of hydrogen-bond donors (Lipinski definition) is 1. The zero-order valence-electron chi connectivity index (χ0n) is 8.75. The van der Waals surface area contributed by atoms with Gasteiger partial charge in [-0.25, -0.2) is 0 Å². The molecule has 1 aromatic rings. The minimum absolute atomic E-state index is 0.00203. The van der Waals surface area contributed by atoms with Gasteiger partial charge in [0.1, 0.15) is 5.75 Å². The van der Waals surface area contributed by atoms with Crippen LogP contribution in [-0.2, 0) is 4.79 Å². The van der Waals surface area contributed by atoms with E-state index in [1.165, 1.54) is 18.2 Å². The van der Waals surface area contributed by atoms with E-state index in [1.807, 2.05) is 0 Å². The van der Waals surface area contributed by atoms with Gasteiger partial charge in [-0.05, 0) is 25.0 Å². The van der Waals surface area contributed by atoms with Gasteiger partial charge >= 0.3 is 6.36 Å². The Labute approximate surface area is 95.6 Å². The summed E-state index contributed by atoms with van der Waals surface area (Å²) in [4.78, 5) is 11.4. The van der Waals surface area contributed by atoms with Crippen molar-refractivity contribution >= 4 is 11.6 Å². The lowest BCUT2D eigenvalue weighted by molar-refractivity contribution is -0.274. The van der Waals surface area contributed by atoms with Crippen molar-refractivity contribution in [3.05, 3.63) is 24.3 Å². The first kappa shape index (κ1) is 11.8. The second kappa shape index (κ2) is 4.27. The molecule has 1 aromatic carbocycles. The predicted octanol–water partition coefficient (Wildman–Crippen LogP) is 2.93. The van der Waals surface area contributed by atoms with Gasteiger partial charge in [0.15, 0.2) is 0 Å². The van der Waals surface area contributed by atoms with Crippen LogP contribution in [0.2, 0.25) is 0 Å². The highest BCUT2D eigenvalue weighted by molar-refractivity contribution is 5.94. The number of carbonyl (C=O) groups is 1. The van der Waals surface area contributed by atoms with Crippen LogP contribution in [0, 0.1) is 5.92 Å². The van der Waals surface area contributed by atoms with Gasteiger partial charge in [-0.2, -0.15) is 0 Å². The van der Waals surface area contributed by atoms with Crippen LogP contribution in [0.1, 0.15) is 12.8 Å². The summed E-state index contributed by atoms with van der Waals surface area (Å²) in [6.45, 7) is 0. The molecule has 0 bridgehead atoms. The third kappa shape index (κ3) is 3.65. The van der Waals surface area contributed by atoms with Crippen LogP contribution in [0.4, 0.5) is 18.9 Å². The number of hydrogen-bond acceptors (Lipinski definition) is 2. The summed E-state index contributed by atoms with van der Waals surface area (Å²) in [7, 11) is 0. The largest absolute Gasteiger partial charge is 0.573 e. The number of carbonyl (C=O) groups excluding carboxylic acids is 1. The van der Waals surface area contributed by atoms with Gasteiger partial charge < -0.3 is 10.1 Å². The van der Waals surface area contributed by atoms with E-state index in [-0.39, 0.29) is 17.6 Å². The molecular weight excluding hydrogens is 235 g/mol. The molecule has 6 heteroatoms. The Hall–Kier alpha value is -1.72. The highest BCUT2D eigenvalue weighted by Crippen LogP contribution is 2.31. The molecule has 92 valence electrons. The summed E-state index contributed by atoms with van der Waals surface area (Å²) < 4.78 is 39.6. The molecule has 2 rings (SSSR count). The quantitative estimate of drug-likeness (QED) is 0.889. The van der Waals surface area contributed by atoms with Gasteiger partial charge in [-0.15, -0.1) is 13.2 Å². The molecule has 1 N–H and O–H groups in total. The van der Waals surface area contributed by atoms with Crippen LogP contribution >= 0.6 is 0 Å². The molecule has 0 saturated heterocycles. The first-order valence-corrected chi connectivity index (χ1v) is 5.11. The number of alkyl halides is 3. The Morgan fingerprint density at radius 2 is 2.06 bits per heavy atom. The van der Waals surface area contributed by atoms with E-state index < -0.39 is 6.36 Å². The molecule has 1 aliphatic rings. The molecule has 0 aliphatic heterocycles.